The van der Waals surface area contributed by atoms with Gasteiger partial charge in [0.1, 0.15) is 0 Å². The van der Waals surface area contributed by atoms with E-state index in [1.807, 2.05) is 71.2 Å². The third-order valence-electron chi connectivity index (χ3n) is 20.6. The topological polar surface area (TPSA) is 77.3 Å². The van der Waals surface area contributed by atoms with Crippen molar-refractivity contribution in [2.45, 2.75) is 0 Å². The lowest BCUT2D eigenvalue weighted by Gasteiger charge is -2.12. The normalized spacial score (nSPS) is 11.5. The zero-order valence-corrected chi connectivity index (χ0v) is 59.9. The molecule has 0 radical (unpaired) electrons. The van der Waals surface area contributed by atoms with E-state index in [4.69, 9.17) is 29.9 Å². The van der Waals surface area contributed by atoms with E-state index in [0.717, 1.165) is 112 Å². The maximum Gasteiger partial charge on any atom is 0.160 e. The largest absolute Gasteiger partial charge is 0.247 e. The van der Waals surface area contributed by atoms with Crippen molar-refractivity contribution in [1.82, 2.24) is 29.9 Å². The number of aromatic nitrogens is 6. The third-order valence-corrected chi connectivity index (χ3v) is 23.0. The molecule has 504 valence electrons. The van der Waals surface area contributed by atoms with Gasteiger partial charge in [0.2, 0.25) is 0 Å². The Balaban J connectivity index is 0.000000143. The van der Waals surface area contributed by atoms with Crippen LogP contribution < -0.4 is 0 Å². The molecular weight excluding hydrogens is 1350 g/mol. The van der Waals surface area contributed by atoms with Gasteiger partial charge in [0.05, 0.1) is 45.2 Å². The van der Waals surface area contributed by atoms with Gasteiger partial charge in [-0.05, 0) is 103 Å². The second kappa shape index (κ2) is 27.4. The molecule has 21 rings (SSSR count). The van der Waals surface area contributed by atoms with Crippen LogP contribution >= 0.6 is 22.7 Å². The fourth-order valence-electron chi connectivity index (χ4n) is 15.2. The molecule has 0 aliphatic carbocycles. The highest BCUT2D eigenvalue weighted by atomic mass is 32.1. The van der Waals surface area contributed by atoms with Gasteiger partial charge in [0.25, 0.3) is 0 Å². The molecule has 15 aromatic carbocycles. The Morgan fingerprint density at radius 3 is 0.889 bits per heavy atom. The second-order valence-corrected chi connectivity index (χ2v) is 29.3. The molecule has 0 amide bonds. The van der Waals surface area contributed by atoms with Gasteiger partial charge in [-0.15, -0.1) is 22.7 Å². The summed E-state index contributed by atoms with van der Waals surface area (Å²) in [7, 11) is 0. The average Bonchev–Trinajstić information content (AvgIpc) is 1.55. The molecular formula is C100H62N6S2. The van der Waals surface area contributed by atoms with Crippen molar-refractivity contribution in [3.63, 3.8) is 0 Å². The molecule has 0 unspecified atom stereocenters. The van der Waals surface area contributed by atoms with Crippen molar-refractivity contribution in [3.05, 3.63) is 376 Å². The van der Waals surface area contributed by atoms with Crippen molar-refractivity contribution in [2.24, 2.45) is 0 Å². The summed E-state index contributed by atoms with van der Waals surface area (Å²) in [6.07, 6.45) is 0. The summed E-state index contributed by atoms with van der Waals surface area (Å²) in [5, 5.41) is 12.1. The van der Waals surface area contributed by atoms with Gasteiger partial charge >= 0.3 is 0 Å². The molecule has 8 heteroatoms. The summed E-state index contributed by atoms with van der Waals surface area (Å²) in [4.78, 5) is 31.0. The third kappa shape index (κ3) is 11.9. The highest BCUT2D eigenvalue weighted by Crippen LogP contribution is 2.48. The summed E-state index contributed by atoms with van der Waals surface area (Å²) in [5.41, 5.74) is 23.1. The Kier molecular flexibility index (Phi) is 16.2. The molecule has 0 spiro atoms. The van der Waals surface area contributed by atoms with Crippen molar-refractivity contribution >= 4 is 106 Å². The molecule has 108 heavy (non-hydrogen) atoms. The zero-order valence-electron chi connectivity index (χ0n) is 58.3. The fourth-order valence-corrected chi connectivity index (χ4v) is 17.7. The van der Waals surface area contributed by atoms with Crippen LogP contribution in [-0.4, -0.2) is 29.9 Å². The van der Waals surface area contributed by atoms with Crippen LogP contribution in [0.15, 0.2) is 376 Å². The summed E-state index contributed by atoms with van der Waals surface area (Å²) in [6, 6.07) is 133. The highest BCUT2D eigenvalue weighted by Gasteiger charge is 2.22. The van der Waals surface area contributed by atoms with Crippen LogP contribution in [0.5, 0.6) is 0 Å². The van der Waals surface area contributed by atoms with Gasteiger partial charge in [-0.3, -0.25) is 0 Å². The molecule has 0 fully saturated rings. The van der Waals surface area contributed by atoms with E-state index in [-0.39, 0.29) is 0 Å². The Morgan fingerprint density at radius 1 is 0.185 bits per heavy atom. The highest BCUT2D eigenvalue weighted by molar-refractivity contribution is 7.27. The first kappa shape index (κ1) is 63.9. The standard InChI is InChI=1S/C53H33N3S.C47H29N3S/c1-3-12-34(13-4-1)35-24-28-40(29-25-35)53-55-47(38-15-5-2-6-16-38)33-48(56-53)39-26-22-36(23-27-39)41-30-31-46-45(32-41)52-50(44-19-9-10-21-49(44)57-52)51(54-46)43-20-11-17-37-14-7-8-18-42(37)43;1-3-13-32(14-4-1)41-29-42(50-47(49-41)34-15-5-2-6-16-34)33-24-22-30(23-25-33)35-26-27-40-39(28-35)46-44(38-19-9-10-21-43(38)51-46)45(48-40)37-20-11-17-31-12-7-8-18-36(31)37/h1-33H;1-29H. The van der Waals surface area contributed by atoms with Gasteiger partial charge in [0.15, 0.2) is 11.6 Å². The quantitative estimate of drug-likeness (QED) is 0.128. The lowest BCUT2D eigenvalue weighted by molar-refractivity contribution is 1.18. The van der Waals surface area contributed by atoms with Gasteiger partial charge in [0, 0.05) is 95.6 Å². The summed E-state index contributed by atoms with van der Waals surface area (Å²) >= 11 is 3.71. The molecule has 0 atom stereocenters. The molecule has 0 bridgehead atoms. The monoisotopic (exact) mass is 1410 g/mol. The number of thiophene rings is 2. The van der Waals surface area contributed by atoms with Crippen molar-refractivity contribution < 1.29 is 0 Å². The lowest BCUT2D eigenvalue weighted by atomic mass is 9.96. The number of hydrogen-bond donors (Lipinski definition) is 0. The van der Waals surface area contributed by atoms with Gasteiger partial charge in [-0.25, -0.2) is 29.9 Å². The zero-order chi connectivity index (χ0) is 71.4. The predicted molar refractivity (Wildman–Crippen MR) is 455 cm³/mol. The first-order valence-electron chi connectivity index (χ1n) is 36.3. The average molecular weight is 1410 g/mol. The van der Waals surface area contributed by atoms with Crippen molar-refractivity contribution in [2.75, 3.05) is 0 Å². The van der Waals surface area contributed by atoms with Gasteiger partial charge < -0.3 is 0 Å². The SMILES string of the molecule is c1ccc(-c2cc(-c3ccc(-c4ccc5nc(-c6cccc7ccccc67)c6c7ccccc7sc6c5c4)cc3)nc(-c3ccccc3)n2)cc1.c1ccc(-c2ccc(-c3nc(-c4ccccc4)cc(-c4ccc(-c5ccc6nc(-c7cccc8ccccc78)c7c8ccccc8sc7c6c5)cc4)n3)cc2)cc1. The van der Waals surface area contributed by atoms with E-state index in [1.165, 1.54) is 83.8 Å². The first-order chi connectivity index (χ1) is 53.5. The minimum atomic E-state index is 0.701. The number of rotatable bonds is 11. The van der Waals surface area contributed by atoms with Crippen LogP contribution in [0.1, 0.15) is 0 Å². The molecule has 6 nitrogen and oxygen atoms in total. The Morgan fingerprint density at radius 2 is 0.472 bits per heavy atom. The number of benzene rings is 15. The summed E-state index contributed by atoms with van der Waals surface area (Å²) in [5.74, 6) is 1.42. The van der Waals surface area contributed by atoms with Crippen LogP contribution in [0.4, 0.5) is 0 Å². The van der Waals surface area contributed by atoms with E-state index in [2.05, 4.69) is 328 Å². The predicted octanol–water partition coefficient (Wildman–Crippen LogP) is 27.4. The number of hydrogen-bond acceptors (Lipinski definition) is 8. The lowest BCUT2D eigenvalue weighted by Crippen LogP contribution is -1.96. The minimum Gasteiger partial charge on any atom is -0.247 e. The number of fused-ring (bicyclic) bond motifs is 12. The number of nitrogens with zero attached hydrogens (tertiary/aromatic N) is 6. The summed E-state index contributed by atoms with van der Waals surface area (Å²) < 4.78 is 5.07. The minimum absolute atomic E-state index is 0.701. The van der Waals surface area contributed by atoms with Crippen LogP contribution in [0.3, 0.4) is 0 Å². The molecule has 0 aliphatic heterocycles. The van der Waals surface area contributed by atoms with E-state index < -0.39 is 0 Å². The van der Waals surface area contributed by atoms with Crippen LogP contribution in [0, 0.1) is 0 Å². The van der Waals surface area contributed by atoms with Gasteiger partial charge in [-0.2, -0.15) is 0 Å². The van der Waals surface area contributed by atoms with Crippen LogP contribution in [-0.2, 0) is 0 Å². The molecule has 21 aromatic rings. The van der Waals surface area contributed by atoms with E-state index in [9.17, 15) is 0 Å². The van der Waals surface area contributed by atoms with Crippen LogP contribution in [0.25, 0.3) is 207 Å². The Bertz CT molecular complexity index is 6940. The second-order valence-electron chi connectivity index (χ2n) is 27.2. The Hall–Kier alpha value is -13.8. The molecule has 6 heterocycles. The van der Waals surface area contributed by atoms with Crippen molar-refractivity contribution in [1.29, 1.82) is 0 Å². The molecule has 0 aliphatic rings. The maximum absolute atomic E-state index is 5.41. The smallest absolute Gasteiger partial charge is 0.160 e. The van der Waals surface area contributed by atoms with Crippen molar-refractivity contribution in [3.8, 4) is 124 Å². The molecule has 6 aromatic heterocycles. The van der Waals surface area contributed by atoms with Gasteiger partial charge in [-0.1, -0.05) is 328 Å². The molecule has 0 N–H and O–H groups in total. The Labute approximate surface area is 631 Å². The maximum atomic E-state index is 5.41. The van der Waals surface area contributed by atoms with E-state index >= 15 is 0 Å². The summed E-state index contributed by atoms with van der Waals surface area (Å²) in [6.45, 7) is 0. The fraction of sp³-hybridized carbons (Fsp3) is 0. The van der Waals surface area contributed by atoms with E-state index in [0.29, 0.717) is 11.6 Å². The molecule has 0 saturated carbocycles. The van der Waals surface area contributed by atoms with Crippen LogP contribution in [0.2, 0.25) is 0 Å². The van der Waals surface area contributed by atoms with E-state index in [1.54, 1.807) is 0 Å². The molecule has 0 saturated heterocycles. The number of pyridine rings is 2. The first-order valence-corrected chi connectivity index (χ1v) is 37.9.